The normalized spacial score (nSPS) is 10.3. The second-order valence-electron chi connectivity index (χ2n) is 3.34. The van der Waals surface area contributed by atoms with Crippen LogP contribution in [0.25, 0.3) is 11.1 Å². The Morgan fingerprint density at radius 1 is 1.38 bits per heavy atom. The number of aliphatic carboxylic acids is 1. The summed E-state index contributed by atoms with van der Waals surface area (Å²) in [6.07, 6.45) is 1.59. The largest absolute Gasteiger partial charge is 0.481 e. The maximum absolute atomic E-state index is 10.6. The van der Waals surface area contributed by atoms with Crippen molar-refractivity contribution in [1.29, 1.82) is 0 Å². The molecule has 0 spiro atoms. The third-order valence-electron chi connectivity index (χ3n) is 2.20. The molecule has 0 aliphatic rings. The second-order valence-corrected chi connectivity index (χ2v) is 4.26. The van der Waals surface area contributed by atoms with Crippen molar-refractivity contribution in [1.82, 2.24) is 10.2 Å². The molecule has 82 valence electrons. The molecule has 4 nitrogen and oxygen atoms in total. The Labute approximate surface area is 100 Å². The third kappa shape index (κ3) is 2.30. The summed E-state index contributed by atoms with van der Waals surface area (Å²) in [4.78, 5) is 10.6. The standard InChI is InChI=1S/C11H9BrN2O2/c12-8-3-1-7(2-4-8)9-6-13-14-10(9)5-11(15)16/h1-4,6H,5H2,(H,13,14)(H,15,16). The number of carbonyl (C=O) groups is 1. The van der Waals surface area contributed by atoms with Gasteiger partial charge in [0.15, 0.2) is 0 Å². The summed E-state index contributed by atoms with van der Waals surface area (Å²) in [6.45, 7) is 0. The van der Waals surface area contributed by atoms with Crippen LogP contribution in [0.1, 0.15) is 5.69 Å². The van der Waals surface area contributed by atoms with Gasteiger partial charge in [-0.05, 0) is 17.7 Å². The van der Waals surface area contributed by atoms with Crippen molar-refractivity contribution < 1.29 is 9.90 Å². The number of aromatic amines is 1. The minimum atomic E-state index is -0.873. The molecular formula is C11H9BrN2O2. The van der Waals surface area contributed by atoms with Crippen LogP contribution in [0.5, 0.6) is 0 Å². The van der Waals surface area contributed by atoms with E-state index in [9.17, 15) is 4.79 Å². The van der Waals surface area contributed by atoms with Gasteiger partial charge >= 0.3 is 5.97 Å². The first-order valence-corrected chi connectivity index (χ1v) is 5.46. The number of H-pyrrole nitrogens is 1. The fourth-order valence-corrected chi connectivity index (χ4v) is 1.74. The highest BCUT2D eigenvalue weighted by Gasteiger charge is 2.10. The molecule has 0 unspecified atom stereocenters. The van der Waals surface area contributed by atoms with Crippen molar-refractivity contribution in [2.24, 2.45) is 0 Å². The molecule has 0 amide bonds. The van der Waals surface area contributed by atoms with E-state index in [0.29, 0.717) is 5.69 Å². The number of nitrogens with zero attached hydrogens (tertiary/aromatic N) is 1. The quantitative estimate of drug-likeness (QED) is 0.908. The van der Waals surface area contributed by atoms with Gasteiger partial charge in [0.25, 0.3) is 0 Å². The molecule has 2 aromatic rings. The number of rotatable bonds is 3. The van der Waals surface area contributed by atoms with Crippen LogP contribution < -0.4 is 0 Å². The Hall–Kier alpha value is -1.62. The summed E-state index contributed by atoms with van der Waals surface area (Å²) >= 11 is 3.35. The number of carboxylic acid groups (broad SMARTS) is 1. The minimum Gasteiger partial charge on any atom is -0.481 e. The zero-order chi connectivity index (χ0) is 11.5. The Morgan fingerprint density at radius 2 is 2.06 bits per heavy atom. The Balaban J connectivity index is 2.36. The van der Waals surface area contributed by atoms with Crippen LogP contribution in [0.3, 0.4) is 0 Å². The summed E-state index contributed by atoms with van der Waals surface area (Å²) in [7, 11) is 0. The molecule has 2 N–H and O–H groups in total. The molecule has 16 heavy (non-hydrogen) atoms. The van der Waals surface area contributed by atoms with E-state index in [1.165, 1.54) is 0 Å². The maximum atomic E-state index is 10.6. The molecule has 0 saturated carbocycles. The fourth-order valence-electron chi connectivity index (χ4n) is 1.48. The molecule has 0 aliphatic carbocycles. The van der Waals surface area contributed by atoms with Crippen molar-refractivity contribution in [2.45, 2.75) is 6.42 Å². The first-order chi connectivity index (χ1) is 7.66. The van der Waals surface area contributed by atoms with E-state index in [1.807, 2.05) is 24.3 Å². The van der Waals surface area contributed by atoms with E-state index in [0.717, 1.165) is 15.6 Å². The molecule has 0 bridgehead atoms. The molecule has 0 saturated heterocycles. The summed E-state index contributed by atoms with van der Waals surface area (Å²) in [5, 5.41) is 15.3. The number of nitrogens with one attached hydrogen (secondary N) is 1. The topological polar surface area (TPSA) is 66.0 Å². The second kappa shape index (κ2) is 4.49. The van der Waals surface area contributed by atoms with Crippen molar-refractivity contribution in [2.75, 3.05) is 0 Å². The Kier molecular flexibility index (Phi) is 3.05. The van der Waals surface area contributed by atoms with Gasteiger partial charge in [0.2, 0.25) is 0 Å². The average molecular weight is 281 g/mol. The summed E-state index contributed by atoms with van der Waals surface area (Å²) in [5.41, 5.74) is 2.40. The van der Waals surface area contributed by atoms with Gasteiger partial charge in [0.05, 0.1) is 18.3 Å². The number of hydrogen-bond acceptors (Lipinski definition) is 2. The first kappa shape index (κ1) is 10.9. The summed E-state index contributed by atoms with van der Waals surface area (Å²) < 4.78 is 0.986. The van der Waals surface area contributed by atoms with Crippen LogP contribution in [-0.2, 0) is 11.2 Å². The molecular weight excluding hydrogens is 272 g/mol. The lowest BCUT2D eigenvalue weighted by molar-refractivity contribution is -0.136. The molecule has 0 radical (unpaired) electrons. The van der Waals surface area contributed by atoms with E-state index in [4.69, 9.17) is 5.11 Å². The molecule has 0 atom stereocenters. The van der Waals surface area contributed by atoms with E-state index in [1.54, 1.807) is 6.20 Å². The zero-order valence-electron chi connectivity index (χ0n) is 8.27. The van der Waals surface area contributed by atoms with E-state index in [2.05, 4.69) is 26.1 Å². The number of halogens is 1. The van der Waals surface area contributed by atoms with E-state index in [-0.39, 0.29) is 6.42 Å². The highest BCUT2D eigenvalue weighted by atomic mass is 79.9. The van der Waals surface area contributed by atoms with Gasteiger partial charge in [-0.25, -0.2) is 0 Å². The van der Waals surface area contributed by atoms with Crippen LogP contribution in [0.15, 0.2) is 34.9 Å². The zero-order valence-corrected chi connectivity index (χ0v) is 9.86. The molecule has 1 heterocycles. The lowest BCUT2D eigenvalue weighted by Crippen LogP contribution is -2.01. The average Bonchev–Trinajstić information content (AvgIpc) is 2.66. The van der Waals surface area contributed by atoms with Gasteiger partial charge in [-0.3, -0.25) is 9.89 Å². The van der Waals surface area contributed by atoms with Crippen LogP contribution in [0.2, 0.25) is 0 Å². The molecule has 1 aromatic heterocycles. The summed E-state index contributed by atoms with van der Waals surface area (Å²) in [5.74, 6) is -0.873. The smallest absolute Gasteiger partial charge is 0.309 e. The van der Waals surface area contributed by atoms with Gasteiger partial charge in [-0.2, -0.15) is 5.10 Å². The Bertz CT molecular complexity index is 505. The fraction of sp³-hybridized carbons (Fsp3) is 0.0909. The minimum absolute atomic E-state index is 0.0502. The lowest BCUT2D eigenvalue weighted by Gasteiger charge is -2.01. The monoisotopic (exact) mass is 280 g/mol. The molecule has 5 heteroatoms. The van der Waals surface area contributed by atoms with Crippen molar-refractivity contribution in [3.05, 3.63) is 40.6 Å². The number of benzene rings is 1. The van der Waals surface area contributed by atoms with Crippen LogP contribution >= 0.6 is 15.9 Å². The van der Waals surface area contributed by atoms with Crippen molar-refractivity contribution >= 4 is 21.9 Å². The predicted molar refractivity (Wildman–Crippen MR) is 63.1 cm³/mol. The number of hydrogen-bond donors (Lipinski definition) is 2. The van der Waals surface area contributed by atoms with Gasteiger partial charge in [0, 0.05) is 10.0 Å². The highest BCUT2D eigenvalue weighted by Crippen LogP contribution is 2.24. The third-order valence-corrected chi connectivity index (χ3v) is 2.73. The van der Waals surface area contributed by atoms with Gasteiger partial charge in [-0.1, -0.05) is 28.1 Å². The van der Waals surface area contributed by atoms with Crippen molar-refractivity contribution in [3.8, 4) is 11.1 Å². The highest BCUT2D eigenvalue weighted by molar-refractivity contribution is 9.10. The molecule has 0 fully saturated rings. The molecule has 1 aromatic carbocycles. The van der Waals surface area contributed by atoms with Crippen LogP contribution in [0, 0.1) is 0 Å². The number of aromatic nitrogens is 2. The maximum Gasteiger partial charge on any atom is 0.309 e. The van der Waals surface area contributed by atoms with Gasteiger partial charge < -0.3 is 5.11 Å². The van der Waals surface area contributed by atoms with E-state index < -0.39 is 5.97 Å². The van der Waals surface area contributed by atoms with Gasteiger partial charge in [0.1, 0.15) is 0 Å². The number of carboxylic acids is 1. The Morgan fingerprint density at radius 3 is 2.69 bits per heavy atom. The van der Waals surface area contributed by atoms with Crippen LogP contribution in [0.4, 0.5) is 0 Å². The SMILES string of the molecule is O=C(O)Cc1[nH]ncc1-c1ccc(Br)cc1. The van der Waals surface area contributed by atoms with E-state index >= 15 is 0 Å². The first-order valence-electron chi connectivity index (χ1n) is 4.67. The van der Waals surface area contributed by atoms with Crippen LogP contribution in [-0.4, -0.2) is 21.3 Å². The van der Waals surface area contributed by atoms with Gasteiger partial charge in [-0.15, -0.1) is 0 Å². The molecule has 2 rings (SSSR count). The van der Waals surface area contributed by atoms with Crippen molar-refractivity contribution in [3.63, 3.8) is 0 Å². The predicted octanol–water partition coefficient (Wildman–Crippen LogP) is 2.47. The lowest BCUT2D eigenvalue weighted by atomic mass is 10.1. The summed E-state index contributed by atoms with van der Waals surface area (Å²) in [6, 6.07) is 7.65. The molecule has 0 aliphatic heterocycles.